The van der Waals surface area contributed by atoms with Crippen LogP contribution in [0.3, 0.4) is 0 Å². The highest BCUT2D eigenvalue weighted by atomic mass is 16.5. The number of anilines is 2. The first-order valence-electron chi connectivity index (χ1n) is 8.10. The third kappa shape index (κ3) is 5.12. The molecule has 0 saturated carbocycles. The van der Waals surface area contributed by atoms with Gasteiger partial charge in [0.2, 0.25) is 0 Å². The van der Waals surface area contributed by atoms with E-state index in [9.17, 15) is 0 Å². The molecule has 0 amide bonds. The van der Waals surface area contributed by atoms with Gasteiger partial charge >= 0.3 is 0 Å². The van der Waals surface area contributed by atoms with Crippen LogP contribution in [0.15, 0.2) is 18.2 Å². The summed E-state index contributed by atoms with van der Waals surface area (Å²) < 4.78 is 5.73. The zero-order chi connectivity index (χ0) is 15.2. The quantitative estimate of drug-likeness (QED) is 0.790. The summed E-state index contributed by atoms with van der Waals surface area (Å²) in [6.07, 6.45) is 2.72. The third-order valence-electron chi connectivity index (χ3n) is 4.05. The molecule has 1 aromatic carbocycles. The van der Waals surface area contributed by atoms with Gasteiger partial charge in [-0.2, -0.15) is 0 Å². The number of piperidine rings is 1. The molecular formula is C17H29N3O. The number of nitrogens with one attached hydrogen (secondary N) is 1. The minimum Gasteiger partial charge on any atom is -0.491 e. The second-order valence-corrected chi connectivity index (χ2v) is 6.22. The number of ether oxygens (including phenoxy) is 1. The Morgan fingerprint density at radius 1 is 1.29 bits per heavy atom. The van der Waals surface area contributed by atoms with Crippen LogP contribution in [-0.4, -0.2) is 37.2 Å². The van der Waals surface area contributed by atoms with Gasteiger partial charge in [-0.05, 0) is 58.3 Å². The van der Waals surface area contributed by atoms with Crippen molar-refractivity contribution in [3.63, 3.8) is 0 Å². The maximum Gasteiger partial charge on any atom is 0.123 e. The normalized spacial score (nSPS) is 17.1. The molecule has 1 fully saturated rings. The molecule has 3 N–H and O–H groups in total. The van der Waals surface area contributed by atoms with Gasteiger partial charge in [-0.1, -0.05) is 6.92 Å². The lowest BCUT2D eigenvalue weighted by molar-refractivity contribution is 0.198. The average Bonchev–Trinajstić information content (AvgIpc) is 2.44. The van der Waals surface area contributed by atoms with Crippen LogP contribution in [0, 0.1) is 5.92 Å². The fourth-order valence-electron chi connectivity index (χ4n) is 2.83. The first-order chi connectivity index (χ1) is 10.1. The second-order valence-electron chi connectivity index (χ2n) is 6.22. The minimum absolute atomic E-state index is 0.165. The van der Waals surface area contributed by atoms with E-state index in [0.717, 1.165) is 29.6 Å². The van der Waals surface area contributed by atoms with Crippen molar-refractivity contribution in [1.82, 2.24) is 4.90 Å². The van der Waals surface area contributed by atoms with Crippen molar-refractivity contribution >= 4 is 11.4 Å². The largest absolute Gasteiger partial charge is 0.491 e. The highest BCUT2D eigenvalue weighted by molar-refractivity contribution is 5.59. The van der Waals surface area contributed by atoms with E-state index in [1.54, 1.807) is 0 Å². The molecule has 1 heterocycles. The summed E-state index contributed by atoms with van der Waals surface area (Å²) in [5.74, 6) is 1.59. The number of likely N-dealkylation sites (tertiary alicyclic amines) is 1. The van der Waals surface area contributed by atoms with E-state index in [2.05, 4.69) is 17.1 Å². The third-order valence-corrected chi connectivity index (χ3v) is 4.05. The van der Waals surface area contributed by atoms with Gasteiger partial charge in [0.05, 0.1) is 6.10 Å². The molecule has 0 spiro atoms. The summed E-state index contributed by atoms with van der Waals surface area (Å²) in [5.41, 5.74) is 7.76. The zero-order valence-corrected chi connectivity index (χ0v) is 13.6. The lowest BCUT2D eigenvalue weighted by atomic mass is 9.97. The summed E-state index contributed by atoms with van der Waals surface area (Å²) in [6.45, 7) is 10.9. The van der Waals surface area contributed by atoms with Crippen LogP contribution < -0.4 is 15.8 Å². The topological polar surface area (TPSA) is 50.5 Å². The molecule has 1 aromatic rings. The molecule has 118 valence electrons. The SMILES string of the molecule is CCN1CCC(CNc2cc(N)cc(OC(C)C)c2)CC1. The van der Waals surface area contributed by atoms with Crippen LogP contribution in [0.1, 0.15) is 33.6 Å². The minimum atomic E-state index is 0.165. The van der Waals surface area contributed by atoms with Crippen LogP contribution >= 0.6 is 0 Å². The fourth-order valence-corrected chi connectivity index (χ4v) is 2.83. The lowest BCUT2D eigenvalue weighted by Crippen LogP contribution is -2.35. The molecule has 2 rings (SSSR count). The number of hydrogen-bond acceptors (Lipinski definition) is 4. The lowest BCUT2D eigenvalue weighted by Gasteiger charge is -2.31. The monoisotopic (exact) mass is 291 g/mol. The van der Waals surface area contributed by atoms with Crippen molar-refractivity contribution in [2.75, 3.05) is 37.2 Å². The van der Waals surface area contributed by atoms with Crippen LogP contribution in [0.25, 0.3) is 0 Å². The predicted octanol–water partition coefficient (Wildman–Crippen LogP) is 3.20. The standard InChI is InChI=1S/C17H29N3O/c1-4-20-7-5-14(6-8-20)12-19-16-9-15(18)10-17(11-16)21-13(2)3/h9-11,13-14,19H,4-8,12,18H2,1-3H3. The van der Waals surface area contributed by atoms with Gasteiger partial charge in [0.15, 0.2) is 0 Å². The van der Waals surface area contributed by atoms with Crippen molar-refractivity contribution in [1.29, 1.82) is 0 Å². The van der Waals surface area contributed by atoms with E-state index in [4.69, 9.17) is 10.5 Å². The Bertz CT molecular complexity index is 440. The van der Waals surface area contributed by atoms with Gasteiger partial charge in [-0.15, -0.1) is 0 Å². The Morgan fingerprint density at radius 2 is 2.00 bits per heavy atom. The van der Waals surface area contributed by atoms with Gasteiger partial charge < -0.3 is 20.7 Å². The molecule has 0 atom stereocenters. The maximum absolute atomic E-state index is 5.95. The van der Waals surface area contributed by atoms with Gasteiger partial charge in [0, 0.05) is 30.1 Å². The van der Waals surface area contributed by atoms with E-state index >= 15 is 0 Å². The number of rotatable bonds is 6. The molecule has 4 heteroatoms. The predicted molar refractivity (Wildman–Crippen MR) is 89.9 cm³/mol. The molecule has 0 unspecified atom stereocenters. The molecule has 1 saturated heterocycles. The van der Waals surface area contributed by atoms with E-state index in [1.807, 2.05) is 32.0 Å². The van der Waals surface area contributed by atoms with Gasteiger partial charge in [-0.25, -0.2) is 0 Å². The zero-order valence-electron chi connectivity index (χ0n) is 13.6. The van der Waals surface area contributed by atoms with Crippen molar-refractivity contribution in [3.05, 3.63) is 18.2 Å². The van der Waals surface area contributed by atoms with Crippen LogP contribution in [-0.2, 0) is 0 Å². The van der Waals surface area contributed by atoms with Crippen molar-refractivity contribution in [2.24, 2.45) is 5.92 Å². The molecule has 4 nitrogen and oxygen atoms in total. The van der Waals surface area contributed by atoms with Gasteiger partial charge in [0.1, 0.15) is 5.75 Å². The first-order valence-corrected chi connectivity index (χ1v) is 8.10. The number of nitrogens with two attached hydrogens (primary N) is 1. The van der Waals surface area contributed by atoms with E-state index < -0.39 is 0 Å². The maximum atomic E-state index is 5.95. The molecule has 0 aromatic heterocycles. The molecule has 21 heavy (non-hydrogen) atoms. The van der Waals surface area contributed by atoms with Crippen LogP contribution in [0.5, 0.6) is 5.75 Å². The Labute approximate surface area is 128 Å². The first kappa shape index (κ1) is 16.0. The highest BCUT2D eigenvalue weighted by Crippen LogP contribution is 2.25. The summed E-state index contributed by atoms with van der Waals surface area (Å²) in [7, 11) is 0. The number of nitrogen functional groups attached to an aromatic ring is 1. The van der Waals surface area contributed by atoms with Crippen molar-refractivity contribution in [3.8, 4) is 5.75 Å². The number of nitrogens with zero attached hydrogens (tertiary/aromatic N) is 1. The van der Waals surface area contributed by atoms with E-state index in [-0.39, 0.29) is 6.10 Å². The Morgan fingerprint density at radius 3 is 2.62 bits per heavy atom. The average molecular weight is 291 g/mol. The summed E-state index contributed by atoms with van der Waals surface area (Å²) in [6, 6.07) is 5.90. The van der Waals surface area contributed by atoms with Crippen molar-refractivity contribution in [2.45, 2.75) is 39.7 Å². The van der Waals surface area contributed by atoms with Gasteiger partial charge in [-0.3, -0.25) is 0 Å². The van der Waals surface area contributed by atoms with Crippen LogP contribution in [0.2, 0.25) is 0 Å². The molecular weight excluding hydrogens is 262 g/mol. The van der Waals surface area contributed by atoms with Crippen molar-refractivity contribution < 1.29 is 4.74 Å². The summed E-state index contributed by atoms with van der Waals surface area (Å²) >= 11 is 0. The molecule has 0 bridgehead atoms. The number of hydrogen-bond donors (Lipinski definition) is 2. The molecule has 1 aliphatic rings. The Balaban J connectivity index is 1.86. The number of benzene rings is 1. The molecule has 0 aliphatic carbocycles. The molecule has 0 radical (unpaired) electrons. The second kappa shape index (κ2) is 7.55. The summed E-state index contributed by atoms with van der Waals surface area (Å²) in [5, 5.41) is 3.52. The summed E-state index contributed by atoms with van der Waals surface area (Å²) in [4.78, 5) is 2.52. The van der Waals surface area contributed by atoms with Gasteiger partial charge in [0.25, 0.3) is 0 Å². The highest BCUT2D eigenvalue weighted by Gasteiger charge is 2.17. The molecule has 1 aliphatic heterocycles. The Kier molecular flexibility index (Phi) is 5.74. The van der Waals surface area contributed by atoms with E-state index in [0.29, 0.717) is 0 Å². The fraction of sp³-hybridized carbons (Fsp3) is 0.647. The smallest absolute Gasteiger partial charge is 0.123 e. The van der Waals surface area contributed by atoms with E-state index in [1.165, 1.54) is 32.5 Å². The Hall–Kier alpha value is -1.42. The van der Waals surface area contributed by atoms with Crippen LogP contribution in [0.4, 0.5) is 11.4 Å².